The molecule has 5 heteroatoms. The average molecular weight is 345 g/mol. The molecule has 1 aliphatic rings. The number of nitrogens with zero attached hydrogens (tertiary/aromatic N) is 1. The van der Waals surface area contributed by atoms with Crippen LogP contribution in [0, 0.1) is 18.3 Å². The Morgan fingerprint density at radius 3 is 2.28 bits per heavy atom. The van der Waals surface area contributed by atoms with Gasteiger partial charge in [-0.05, 0) is 63.3 Å². The molecule has 0 bridgehead atoms. The Bertz CT molecular complexity index is 632. The van der Waals surface area contributed by atoms with Crippen LogP contribution in [0.15, 0.2) is 18.2 Å². The second kappa shape index (κ2) is 7.89. The number of carbonyl (C=O) groups is 2. The van der Waals surface area contributed by atoms with Crippen molar-refractivity contribution in [1.82, 2.24) is 5.32 Å². The van der Waals surface area contributed by atoms with Crippen LogP contribution in [0.25, 0.3) is 0 Å². The molecule has 0 saturated heterocycles. The summed E-state index contributed by atoms with van der Waals surface area (Å²) in [6, 6.07) is 6.04. The van der Waals surface area contributed by atoms with Crippen LogP contribution in [0.5, 0.6) is 0 Å². The topological polar surface area (TPSA) is 61.4 Å². The molecule has 2 amide bonds. The molecule has 0 radical (unpaired) electrons. The van der Waals surface area contributed by atoms with E-state index in [9.17, 15) is 9.59 Å². The fourth-order valence-corrected chi connectivity index (χ4v) is 2.96. The van der Waals surface area contributed by atoms with Gasteiger partial charge in [0.25, 0.3) is 0 Å². The molecule has 1 saturated carbocycles. The monoisotopic (exact) mass is 345 g/mol. The largest absolute Gasteiger partial charge is 0.372 e. The first kappa shape index (κ1) is 19.3. The second-order valence-electron chi connectivity index (χ2n) is 7.31. The van der Waals surface area contributed by atoms with Crippen LogP contribution >= 0.6 is 0 Å². The summed E-state index contributed by atoms with van der Waals surface area (Å²) in [6.45, 7) is 12.8. The number of carbonyl (C=O) groups excluding carboxylic acids is 2. The van der Waals surface area contributed by atoms with Gasteiger partial charge in [0, 0.05) is 31.0 Å². The van der Waals surface area contributed by atoms with Gasteiger partial charge in [0.2, 0.25) is 11.8 Å². The van der Waals surface area contributed by atoms with Gasteiger partial charge in [-0.3, -0.25) is 9.59 Å². The molecule has 25 heavy (non-hydrogen) atoms. The zero-order chi connectivity index (χ0) is 18.6. The number of rotatable bonds is 8. The van der Waals surface area contributed by atoms with Crippen molar-refractivity contribution in [2.75, 3.05) is 29.9 Å². The zero-order valence-corrected chi connectivity index (χ0v) is 16.1. The molecular weight excluding hydrogens is 314 g/mol. The number of hydrogen-bond acceptors (Lipinski definition) is 3. The number of anilines is 2. The quantitative estimate of drug-likeness (QED) is 0.711. The van der Waals surface area contributed by atoms with E-state index in [4.69, 9.17) is 0 Å². The lowest BCUT2D eigenvalue weighted by Gasteiger charge is -2.23. The summed E-state index contributed by atoms with van der Waals surface area (Å²) in [6.07, 6.45) is 1.25. The van der Waals surface area contributed by atoms with Crippen molar-refractivity contribution in [1.29, 1.82) is 0 Å². The lowest BCUT2D eigenvalue weighted by molar-refractivity contribution is -0.134. The molecule has 1 aromatic rings. The number of amides is 2. The summed E-state index contributed by atoms with van der Waals surface area (Å²) in [5.74, 6) is 0.0428. The third-order valence-corrected chi connectivity index (χ3v) is 4.88. The Morgan fingerprint density at radius 1 is 1.16 bits per heavy atom. The predicted molar refractivity (Wildman–Crippen MR) is 103 cm³/mol. The highest BCUT2D eigenvalue weighted by molar-refractivity contribution is 6.13. The lowest BCUT2D eigenvalue weighted by atomic mass is 10.0. The molecule has 0 unspecified atom stereocenters. The van der Waals surface area contributed by atoms with Crippen LogP contribution in [0.4, 0.5) is 11.4 Å². The van der Waals surface area contributed by atoms with Gasteiger partial charge >= 0.3 is 0 Å². The smallest absolute Gasteiger partial charge is 0.240 e. The molecule has 2 rings (SSSR count). The maximum absolute atomic E-state index is 12.7. The number of benzene rings is 1. The summed E-state index contributed by atoms with van der Waals surface area (Å²) in [4.78, 5) is 27.3. The highest BCUT2D eigenvalue weighted by atomic mass is 16.2. The predicted octanol–water partition coefficient (Wildman–Crippen LogP) is 3.33. The van der Waals surface area contributed by atoms with Gasteiger partial charge in [0.15, 0.2) is 0 Å². The Balaban J connectivity index is 2.06. The van der Waals surface area contributed by atoms with Crippen molar-refractivity contribution in [3.8, 4) is 0 Å². The van der Waals surface area contributed by atoms with E-state index in [0.717, 1.165) is 30.0 Å². The molecular formula is C20H31N3O2. The van der Waals surface area contributed by atoms with Crippen molar-refractivity contribution in [2.45, 2.75) is 47.5 Å². The molecule has 0 atom stereocenters. The third kappa shape index (κ3) is 4.33. The van der Waals surface area contributed by atoms with E-state index < -0.39 is 5.41 Å². The summed E-state index contributed by atoms with van der Waals surface area (Å²) >= 11 is 0. The molecule has 0 aliphatic heterocycles. The van der Waals surface area contributed by atoms with Gasteiger partial charge in [0.1, 0.15) is 5.41 Å². The fraction of sp³-hybridized carbons (Fsp3) is 0.600. The number of hydrogen-bond donors (Lipinski definition) is 2. The number of nitrogens with one attached hydrogen (secondary N) is 2. The van der Waals surface area contributed by atoms with E-state index >= 15 is 0 Å². The highest BCUT2D eigenvalue weighted by Crippen LogP contribution is 2.47. The second-order valence-corrected chi connectivity index (χ2v) is 7.31. The van der Waals surface area contributed by atoms with Gasteiger partial charge in [-0.1, -0.05) is 13.8 Å². The van der Waals surface area contributed by atoms with Crippen molar-refractivity contribution in [3.05, 3.63) is 23.8 Å². The molecule has 1 fully saturated rings. The van der Waals surface area contributed by atoms with Crippen LogP contribution in [-0.2, 0) is 9.59 Å². The van der Waals surface area contributed by atoms with E-state index in [2.05, 4.69) is 35.4 Å². The molecule has 0 heterocycles. The van der Waals surface area contributed by atoms with Crippen LogP contribution in [-0.4, -0.2) is 31.4 Å². The van der Waals surface area contributed by atoms with E-state index in [-0.39, 0.29) is 11.8 Å². The minimum absolute atomic E-state index is 0.142. The van der Waals surface area contributed by atoms with Crippen LogP contribution < -0.4 is 15.5 Å². The molecule has 1 aromatic carbocycles. The van der Waals surface area contributed by atoms with E-state index in [0.29, 0.717) is 25.3 Å². The van der Waals surface area contributed by atoms with E-state index in [1.807, 2.05) is 32.9 Å². The highest BCUT2D eigenvalue weighted by Gasteiger charge is 2.56. The van der Waals surface area contributed by atoms with Gasteiger partial charge in [-0.25, -0.2) is 0 Å². The van der Waals surface area contributed by atoms with Crippen molar-refractivity contribution in [2.24, 2.45) is 11.3 Å². The Labute approximate surface area is 151 Å². The van der Waals surface area contributed by atoms with Crippen LogP contribution in [0.2, 0.25) is 0 Å². The third-order valence-electron chi connectivity index (χ3n) is 4.88. The first-order valence-electron chi connectivity index (χ1n) is 9.29. The minimum Gasteiger partial charge on any atom is -0.372 e. The maximum Gasteiger partial charge on any atom is 0.240 e. The van der Waals surface area contributed by atoms with Crippen LogP contribution in [0.3, 0.4) is 0 Å². The molecule has 5 nitrogen and oxygen atoms in total. The molecule has 1 aliphatic carbocycles. The summed E-state index contributed by atoms with van der Waals surface area (Å²) in [5, 5.41) is 5.86. The first-order chi connectivity index (χ1) is 11.8. The molecule has 2 N–H and O–H groups in total. The lowest BCUT2D eigenvalue weighted by Crippen LogP contribution is -2.41. The Hall–Kier alpha value is -2.04. The Morgan fingerprint density at radius 2 is 1.80 bits per heavy atom. The first-order valence-corrected chi connectivity index (χ1v) is 9.29. The van der Waals surface area contributed by atoms with Gasteiger partial charge in [-0.15, -0.1) is 0 Å². The summed E-state index contributed by atoms with van der Waals surface area (Å²) in [7, 11) is 0. The van der Waals surface area contributed by atoms with Crippen molar-refractivity contribution >= 4 is 23.2 Å². The van der Waals surface area contributed by atoms with Gasteiger partial charge in [-0.2, -0.15) is 0 Å². The van der Waals surface area contributed by atoms with Gasteiger partial charge < -0.3 is 15.5 Å². The standard InChI is InChI=1S/C20H31N3O2/c1-6-23(7-2)16-8-9-17(15(5)12-16)22-19(25)20(10-11-20)18(24)21-13-14(3)4/h8-9,12,14H,6-7,10-11,13H2,1-5H3,(H,21,24)(H,22,25). The fourth-order valence-electron chi connectivity index (χ4n) is 2.96. The average Bonchev–Trinajstić information content (AvgIpc) is 3.38. The molecule has 0 aromatic heterocycles. The van der Waals surface area contributed by atoms with Crippen molar-refractivity contribution < 1.29 is 9.59 Å². The minimum atomic E-state index is -0.876. The SMILES string of the molecule is CCN(CC)c1ccc(NC(=O)C2(C(=O)NCC(C)C)CC2)c(C)c1. The Kier molecular flexibility index (Phi) is 6.09. The van der Waals surface area contributed by atoms with E-state index in [1.54, 1.807) is 0 Å². The van der Waals surface area contributed by atoms with Gasteiger partial charge in [0.05, 0.1) is 0 Å². The molecule has 138 valence electrons. The summed E-state index contributed by atoms with van der Waals surface area (Å²) < 4.78 is 0. The molecule has 0 spiro atoms. The summed E-state index contributed by atoms with van der Waals surface area (Å²) in [5.41, 5.74) is 2.06. The van der Waals surface area contributed by atoms with E-state index in [1.165, 1.54) is 0 Å². The zero-order valence-electron chi connectivity index (χ0n) is 16.1. The maximum atomic E-state index is 12.7. The normalized spacial score (nSPS) is 15.0. The van der Waals surface area contributed by atoms with Crippen molar-refractivity contribution in [3.63, 3.8) is 0 Å². The van der Waals surface area contributed by atoms with Crippen LogP contribution in [0.1, 0.15) is 46.1 Å². The number of aryl methyl sites for hydroxylation is 1.